The third kappa shape index (κ3) is 9.58. The molecule has 1 saturated carbocycles. The van der Waals surface area contributed by atoms with Gasteiger partial charge in [-0.25, -0.2) is 0 Å². The molecule has 1 aliphatic rings. The molecular weight excluding hydrogens is 991 g/mol. The molecule has 65 heavy (non-hydrogen) atoms. The van der Waals surface area contributed by atoms with Crippen LogP contribution in [0.5, 0.6) is 0 Å². The van der Waals surface area contributed by atoms with Gasteiger partial charge in [0.25, 0.3) is 0 Å². The average molecular weight is 1050 g/mol. The first-order valence-corrected chi connectivity index (χ1v) is 26.7. The number of benzene rings is 4. The van der Waals surface area contributed by atoms with E-state index in [1.165, 1.54) is 59.5 Å². The summed E-state index contributed by atoms with van der Waals surface area (Å²) < 4.78 is 8.43. The van der Waals surface area contributed by atoms with Crippen molar-refractivity contribution in [2.45, 2.75) is 105 Å². The van der Waals surface area contributed by atoms with Crippen molar-refractivity contribution in [1.29, 1.82) is 0 Å². The summed E-state index contributed by atoms with van der Waals surface area (Å²) in [6.07, 6.45) is 15.2. The molecule has 8 heteroatoms. The summed E-state index contributed by atoms with van der Waals surface area (Å²) >= 11 is 0. The molecule has 5 heterocycles. The van der Waals surface area contributed by atoms with Gasteiger partial charge in [-0.2, -0.15) is 0 Å². The Bertz CT molecular complexity index is 3080. The minimum absolute atomic E-state index is 0. The van der Waals surface area contributed by atoms with E-state index >= 15 is 0 Å². The number of furan rings is 1. The predicted octanol–water partition coefficient (Wildman–Crippen LogP) is 14.6. The maximum absolute atomic E-state index is 6.23. The summed E-state index contributed by atoms with van der Waals surface area (Å²) in [6.45, 7) is 18.2. The van der Waals surface area contributed by atoms with Gasteiger partial charge >= 0.3 is 0 Å². The van der Waals surface area contributed by atoms with Gasteiger partial charge in [0.05, 0.1) is 30.6 Å². The van der Waals surface area contributed by atoms with Crippen LogP contribution in [0.15, 0.2) is 126 Å². The second kappa shape index (κ2) is 19.5. The van der Waals surface area contributed by atoms with Crippen LogP contribution in [0.1, 0.15) is 94.0 Å². The summed E-state index contributed by atoms with van der Waals surface area (Å²) in [7, 11) is -1.38. The van der Waals surface area contributed by atoms with E-state index < -0.39 is 8.07 Å². The fraction of sp³-hybridized carbons (Fsp3) is 0.298. The van der Waals surface area contributed by atoms with Crippen molar-refractivity contribution in [3.63, 3.8) is 0 Å². The molecule has 1 fully saturated rings. The maximum atomic E-state index is 6.23. The van der Waals surface area contributed by atoms with Crippen LogP contribution in [0.3, 0.4) is 0 Å². The summed E-state index contributed by atoms with van der Waals surface area (Å²) in [4.78, 5) is 19.1. The molecule has 9 aromatic rings. The summed E-state index contributed by atoms with van der Waals surface area (Å²) in [5.74, 6) is 2.51. The molecule has 4 aromatic carbocycles. The number of para-hydroxylation sites is 2. The zero-order valence-electron chi connectivity index (χ0n) is 39.0. The number of rotatable bonds is 9. The van der Waals surface area contributed by atoms with E-state index in [2.05, 4.69) is 177 Å². The minimum atomic E-state index is -1.38. The largest absolute Gasteiger partial charge is 0.482 e. The molecule has 0 atom stereocenters. The molecule has 333 valence electrons. The van der Waals surface area contributed by atoms with Crippen LogP contribution in [-0.4, -0.2) is 32.6 Å². The number of hydrogen-bond donors (Lipinski definition) is 0. The van der Waals surface area contributed by atoms with Crippen molar-refractivity contribution in [3.8, 4) is 39.5 Å². The molecular formula is C57H59IrN5OSi-2. The topological polar surface area (TPSA) is 69.6 Å². The van der Waals surface area contributed by atoms with Crippen LogP contribution in [0.25, 0.3) is 72.6 Å². The number of aromatic nitrogens is 5. The van der Waals surface area contributed by atoms with Gasteiger partial charge in [0.15, 0.2) is 0 Å². The first-order chi connectivity index (χ1) is 30.9. The molecule has 0 N–H and O–H groups in total. The first kappa shape index (κ1) is 46.0. The van der Waals surface area contributed by atoms with Gasteiger partial charge in [-0.15, -0.1) is 41.5 Å². The zero-order valence-corrected chi connectivity index (χ0v) is 42.4. The van der Waals surface area contributed by atoms with Crippen molar-refractivity contribution in [3.05, 3.63) is 156 Å². The average Bonchev–Trinajstić information content (AvgIpc) is 3.89. The van der Waals surface area contributed by atoms with Gasteiger partial charge in [0.2, 0.25) is 0 Å². The summed E-state index contributed by atoms with van der Waals surface area (Å²) in [5, 5.41) is 3.53. The van der Waals surface area contributed by atoms with E-state index in [0.717, 1.165) is 79.3 Å². The van der Waals surface area contributed by atoms with E-state index in [9.17, 15) is 0 Å². The molecule has 0 amide bonds. The molecule has 1 aliphatic carbocycles. The number of hydrogen-bond acceptors (Lipinski definition) is 5. The standard InChI is InChI=1S/C33H25N4O.C24H34NSi.Ir/c1-20(2)24-13-9-14-26-27-18-23(19-35-33(27)38-31(24)26)32-36-30-21(3)34-17-16-29(30)37(32)28-15-8-7-12-25(28)22-10-5-4-6-11-22;1-18(2)14-22-16-23(25-17-24(22)26(3,4)5)21-13-9-12-20(15-21)19-10-7-6-8-11-19;/h4-18,20H,1-3H3;9,12,15-19H,6-8,10-11,14H2,1-5H3;/q2*-1;. The van der Waals surface area contributed by atoms with Crippen molar-refractivity contribution < 1.29 is 24.5 Å². The number of nitrogens with zero attached hydrogens (tertiary/aromatic N) is 5. The smallest absolute Gasteiger partial charge is 0.141 e. The molecule has 6 nitrogen and oxygen atoms in total. The van der Waals surface area contributed by atoms with Crippen LogP contribution in [0, 0.1) is 25.1 Å². The fourth-order valence-corrected chi connectivity index (χ4v) is 11.2. The molecule has 0 unspecified atom stereocenters. The minimum Gasteiger partial charge on any atom is -0.482 e. The van der Waals surface area contributed by atoms with Crippen LogP contribution in [0.4, 0.5) is 0 Å². The van der Waals surface area contributed by atoms with Gasteiger partial charge in [-0.05, 0) is 89.7 Å². The first-order valence-electron chi connectivity index (χ1n) is 23.2. The monoisotopic (exact) mass is 1050 g/mol. The fourth-order valence-electron chi connectivity index (χ4n) is 9.57. The Morgan fingerprint density at radius 2 is 1.57 bits per heavy atom. The van der Waals surface area contributed by atoms with E-state index in [-0.39, 0.29) is 20.1 Å². The number of pyridine rings is 3. The Hall–Kier alpha value is -5.53. The Morgan fingerprint density at radius 3 is 2.32 bits per heavy atom. The predicted molar refractivity (Wildman–Crippen MR) is 268 cm³/mol. The van der Waals surface area contributed by atoms with Crippen molar-refractivity contribution in [2.24, 2.45) is 5.92 Å². The van der Waals surface area contributed by atoms with Crippen LogP contribution >= 0.6 is 0 Å². The van der Waals surface area contributed by atoms with Gasteiger partial charge in [-0.1, -0.05) is 151 Å². The number of aryl methyl sites for hydroxylation is 1. The van der Waals surface area contributed by atoms with Crippen LogP contribution < -0.4 is 5.19 Å². The zero-order chi connectivity index (χ0) is 44.5. The van der Waals surface area contributed by atoms with Crippen LogP contribution in [-0.2, 0) is 26.5 Å². The molecule has 0 bridgehead atoms. The summed E-state index contributed by atoms with van der Waals surface area (Å²) in [6, 6.07) is 41.8. The van der Waals surface area contributed by atoms with Crippen molar-refractivity contribution in [1.82, 2.24) is 24.5 Å². The molecule has 0 spiro atoms. The third-order valence-electron chi connectivity index (χ3n) is 12.8. The Labute approximate surface area is 399 Å². The van der Waals surface area contributed by atoms with E-state index in [1.54, 1.807) is 0 Å². The van der Waals surface area contributed by atoms with Gasteiger partial charge in [0, 0.05) is 49.1 Å². The van der Waals surface area contributed by atoms with Gasteiger partial charge in [0.1, 0.15) is 11.3 Å². The molecule has 5 aromatic heterocycles. The normalized spacial score (nSPS) is 13.4. The Kier molecular flexibility index (Phi) is 13.8. The molecule has 10 rings (SSSR count). The number of imidazole rings is 1. The summed E-state index contributed by atoms with van der Waals surface area (Å²) in [5.41, 5.74) is 14.7. The van der Waals surface area contributed by atoms with Gasteiger partial charge < -0.3 is 19.0 Å². The third-order valence-corrected chi connectivity index (χ3v) is 14.9. The van der Waals surface area contributed by atoms with Crippen LogP contribution in [0.2, 0.25) is 19.6 Å². The Balaban J connectivity index is 0.000000188. The second-order valence-corrected chi connectivity index (χ2v) is 24.4. The van der Waals surface area contributed by atoms with Gasteiger partial charge in [-0.3, -0.25) is 9.97 Å². The van der Waals surface area contributed by atoms with E-state index in [0.29, 0.717) is 17.5 Å². The molecule has 1 radical (unpaired) electrons. The quantitative estimate of drug-likeness (QED) is 0.106. The van der Waals surface area contributed by atoms with E-state index in [4.69, 9.17) is 14.4 Å². The maximum Gasteiger partial charge on any atom is 0.141 e. The Morgan fingerprint density at radius 1 is 0.800 bits per heavy atom. The SMILES string of the molecule is CC(C)Cc1cc(-c2[c-]ccc(C3CCCCC3)c2)ncc1[Si](C)(C)C.Cc1nccc2c1nc(-c1[c-]nc3oc4c(C(C)C)cccc4c3c1)n2-c1ccccc1-c1ccccc1.[Ir]. The molecule has 0 saturated heterocycles. The molecule has 0 aliphatic heterocycles. The van der Waals surface area contributed by atoms with Crippen molar-refractivity contribution >= 4 is 46.4 Å². The van der Waals surface area contributed by atoms with E-state index in [1.807, 2.05) is 25.3 Å². The number of fused-ring (bicyclic) bond motifs is 4. The van der Waals surface area contributed by atoms with Crippen molar-refractivity contribution in [2.75, 3.05) is 0 Å². The second-order valence-electron chi connectivity index (χ2n) is 19.3.